The number of carbonyl (C=O) groups is 1. The molecular formula is C23H22N2O4S. The second-order valence-electron chi connectivity index (χ2n) is 7.62. The molecule has 6 nitrogen and oxygen atoms in total. The van der Waals surface area contributed by atoms with Crippen LogP contribution in [0.4, 0.5) is 5.88 Å². The molecule has 30 heavy (non-hydrogen) atoms. The summed E-state index contributed by atoms with van der Waals surface area (Å²) in [5, 5.41) is 9.57. The minimum Gasteiger partial charge on any atom is -0.493 e. The van der Waals surface area contributed by atoms with Gasteiger partial charge in [-0.1, -0.05) is 17.3 Å². The van der Waals surface area contributed by atoms with Gasteiger partial charge in [0.2, 0.25) is 5.88 Å². The number of aryl methyl sites for hydroxylation is 1. The molecule has 1 aliphatic heterocycles. The average molecular weight is 423 g/mol. The Morgan fingerprint density at radius 2 is 2.00 bits per heavy atom. The maximum atomic E-state index is 13.4. The summed E-state index contributed by atoms with van der Waals surface area (Å²) in [5.74, 6) is 2.08. The first-order valence-electron chi connectivity index (χ1n) is 9.85. The normalized spacial score (nSPS) is 20.4. The zero-order valence-electron chi connectivity index (χ0n) is 17.0. The van der Waals surface area contributed by atoms with Crippen LogP contribution in [0.2, 0.25) is 0 Å². The third kappa shape index (κ3) is 2.92. The van der Waals surface area contributed by atoms with Crippen LogP contribution in [0, 0.1) is 6.92 Å². The van der Waals surface area contributed by atoms with Crippen LogP contribution < -0.4 is 14.8 Å². The standard InChI is InChI=1S/C23H22N2O4S/c1-12-20-22(19-5-4-8-30-19)21-15(24-23(20)29-25-12)9-14(10-16(21)26)13-6-7-17(27-2)18(11-13)28-3/h4-8,11,14,22,24H,9-10H2,1-3H3. The number of benzene rings is 1. The van der Waals surface area contributed by atoms with E-state index in [9.17, 15) is 4.79 Å². The first-order chi connectivity index (χ1) is 14.6. The van der Waals surface area contributed by atoms with Gasteiger partial charge in [0.25, 0.3) is 0 Å². The van der Waals surface area contributed by atoms with Gasteiger partial charge in [-0.2, -0.15) is 0 Å². The van der Waals surface area contributed by atoms with Crippen molar-refractivity contribution >= 4 is 23.0 Å². The van der Waals surface area contributed by atoms with Crippen molar-refractivity contribution in [2.75, 3.05) is 19.5 Å². The smallest absolute Gasteiger partial charge is 0.233 e. The Morgan fingerprint density at radius 1 is 1.17 bits per heavy atom. The van der Waals surface area contributed by atoms with Crippen molar-refractivity contribution in [2.45, 2.75) is 31.6 Å². The van der Waals surface area contributed by atoms with E-state index in [-0.39, 0.29) is 17.6 Å². The Balaban J connectivity index is 1.56. The van der Waals surface area contributed by atoms with Gasteiger partial charge in [-0.3, -0.25) is 4.79 Å². The van der Waals surface area contributed by atoms with Crippen molar-refractivity contribution in [1.29, 1.82) is 0 Å². The molecular weight excluding hydrogens is 400 g/mol. The fourth-order valence-electron chi connectivity index (χ4n) is 4.55. The van der Waals surface area contributed by atoms with Crippen LogP contribution in [0.25, 0.3) is 0 Å². The van der Waals surface area contributed by atoms with E-state index in [1.807, 2.05) is 36.6 Å². The first-order valence-corrected chi connectivity index (χ1v) is 10.7. The number of ketones is 1. The maximum absolute atomic E-state index is 13.4. The number of hydrogen-bond donors (Lipinski definition) is 1. The Hall–Kier alpha value is -3.06. The summed E-state index contributed by atoms with van der Waals surface area (Å²) in [5.41, 5.74) is 4.61. The molecule has 0 saturated heterocycles. The van der Waals surface area contributed by atoms with Crippen molar-refractivity contribution in [3.05, 3.63) is 68.7 Å². The molecule has 1 N–H and O–H groups in total. The summed E-state index contributed by atoms with van der Waals surface area (Å²) in [6, 6.07) is 9.96. The van der Waals surface area contributed by atoms with E-state index in [4.69, 9.17) is 14.0 Å². The monoisotopic (exact) mass is 422 g/mol. The maximum Gasteiger partial charge on any atom is 0.233 e. The predicted octanol–water partition coefficient (Wildman–Crippen LogP) is 5.02. The van der Waals surface area contributed by atoms with E-state index in [2.05, 4.69) is 16.5 Å². The third-order valence-electron chi connectivity index (χ3n) is 5.96. The summed E-state index contributed by atoms with van der Waals surface area (Å²) in [6.45, 7) is 1.93. The first kappa shape index (κ1) is 18.9. The molecule has 1 aliphatic carbocycles. The number of thiophene rings is 1. The fourth-order valence-corrected chi connectivity index (χ4v) is 5.40. The van der Waals surface area contributed by atoms with Crippen molar-refractivity contribution < 1.29 is 18.8 Å². The lowest BCUT2D eigenvalue weighted by atomic mass is 9.74. The number of aromatic nitrogens is 1. The molecule has 2 atom stereocenters. The molecule has 2 aliphatic rings. The number of carbonyl (C=O) groups excluding carboxylic acids is 1. The minimum atomic E-state index is -0.124. The molecule has 0 bridgehead atoms. The van der Waals surface area contributed by atoms with Crippen LogP contribution in [-0.2, 0) is 4.79 Å². The highest BCUT2D eigenvalue weighted by Crippen LogP contribution is 2.50. The van der Waals surface area contributed by atoms with E-state index in [1.54, 1.807) is 25.6 Å². The van der Waals surface area contributed by atoms with Gasteiger partial charge in [-0.25, -0.2) is 0 Å². The number of ether oxygens (including phenoxy) is 2. The molecule has 0 amide bonds. The summed E-state index contributed by atoms with van der Waals surface area (Å²) < 4.78 is 16.4. The van der Waals surface area contributed by atoms with Gasteiger partial charge in [0.15, 0.2) is 17.3 Å². The second-order valence-corrected chi connectivity index (χ2v) is 8.60. The van der Waals surface area contributed by atoms with Crippen LogP contribution in [0.15, 0.2) is 51.5 Å². The lowest BCUT2D eigenvalue weighted by Gasteiger charge is -2.34. The Labute approximate surface area is 178 Å². The van der Waals surface area contributed by atoms with Gasteiger partial charge in [-0.15, -0.1) is 11.3 Å². The Morgan fingerprint density at radius 3 is 2.73 bits per heavy atom. The molecule has 1 aromatic carbocycles. The molecule has 2 unspecified atom stereocenters. The number of rotatable bonds is 4. The number of hydrogen-bond acceptors (Lipinski definition) is 7. The van der Waals surface area contributed by atoms with Gasteiger partial charge >= 0.3 is 0 Å². The fraction of sp³-hybridized carbons (Fsp3) is 0.304. The van der Waals surface area contributed by atoms with Crippen molar-refractivity contribution in [3.63, 3.8) is 0 Å². The van der Waals surface area contributed by atoms with Gasteiger partial charge in [0.05, 0.1) is 31.4 Å². The summed E-state index contributed by atoms with van der Waals surface area (Å²) in [4.78, 5) is 14.6. The molecule has 0 saturated carbocycles. The lowest BCUT2D eigenvalue weighted by molar-refractivity contribution is -0.116. The summed E-state index contributed by atoms with van der Waals surface area (Å²) >= 11 is 1.66. The summed E-state index contributed by atoms with van der Waals surface area (Å²) in [7, 11) is 3.24. The number of Topliss-reactive ketones (excluding diaryl/α,β-unsaturated/α-hetero) is 1. The Kier molecular flexibility index (Phi) is 4.62. The highest BCUT2D eigenvalue weighted by atomic mass is 32.1. The van der Waals surface area contributed by atoms with Gasteiger partial charge in [-0.05, 0) is 48.4 Å². The van der Waals surface area contributed by atoms with Gasteiger partial charge in [0.1, 0.15) is 0 Å². The van der Waals surface area contributed by atoms with Crippen molar-refractivity contribution in [3.8, 4) is 11.5 Å². The number of allylic oxidation sites excluding steroid dienone is 2. The summed E-state index contributed by atoms with van der Waals surface area (Å²) in [6.07, 6.45) is 1.18. The largest absolute Gasteiger partial charge is 0.493 e. The molecule has 0 radical (unpaired) electrons. The number of anilines is 1. The van der Waals surface area contributed by atoms with E-state index in [0.717, 1.165) is 39.4 Å². The number of nitrogens with zero attached hydrogens (tertiary/aromatic N) is 1. The zero-order valence-corrected chi connectivity index (χ0v) is 17.8. The molecule has 3 heterocycles. The van der Waals surface area contributed by atoms with Crippen molar-refractivity contribution in [2.24, 2.45) is 0 Å². The Bertz CT molecular complexity index is 1150. The third-order valence-corrected chi connectivity index (χ3v) is 6.90. The van der Waals surface area contributed by atoms with Crippen molar-refractivity contribution in [1.82, 2.24) is 5.16 Å². The number of methoxy groups -OCH3 is 2. The quantitative estimate of drug-likeness (QED) is 0.636. The SMILES string of the molecule is COc1ccc(C2CC(=O)C3=C(C2)Nc2onc(C)c2C3c2cccs2)cc1OC. The number of nitrogens with one attached hydrogen (secondary N) is 1. The predicted molar refractivity (Wildman–Crippen MR) is 115 cm³/mol. The van der Waals surface area contributed by atoms with Gasteiger partial charge < -0.3 is 19.3 Å². The molecule has 0 spiro atoms. The van der Waals surface area contributed by atoms with Crippen LogP contribution in [0.5, 0.6) is 11.5 Å². The minimum absolute atomic E-state index is 0.0538. The molecule has 5 rings (SSSR count). The second kappa shape index (κ2) is 7.32. The van der Waals surface area contributed by atoms with E-state index < -0.39 is 0 Å². The van der Waals surface area contributed by atoms with E-state index in [1.165, 1.54) is 0 Å². The lowest BCUT2D eigenvalue weighted by Crippen LogP contribution is -2.29. The van der Waals surface area contributed by atoms with Crippen LogP contribution in [0.1, 0.15) is 46.4 Å². The van der Waals surface area contributed by atoms with E-state index in [0.29, 0.717) is 23.8 Å². The highest BCUT2D eigenvalue weighted by Gasteiger charge is 2.41. The molecule has 7 heteroatoms. The van der Waals surface area contributed by atoms with E-state index >= 15 is 0 Å². The zero-order chi connectivity index (χ0) is 20.8. The molecule has 2 aromatic heterocycles. The molecule has 154 valence electrons. The van der Waals surface area contributed by atoms with Crippen LogP contribution in [-0.4, -0.2) is 25.2 Å². The topological polar surface area (TPSA) is 73.6 Å². The van der Waals surface area contributed by atoms with Crippen LogP contribution >= 0.6 is 11.3 Å². The van der Waals surface area contributed by atoms with Gasteiger partial charge in [0, 0.05) is 22.6 Å². The molecule has 3 aromatic rings. The number of fused-ring (bicyclic) bond motifs is 1. The highest BCUT2D eigenvalue weighted by molar-refractivity contribution is 7.10. The average Bonchev–Trinajstić information content (AvgIpc) is 3.42. The van der Waals surface area contributed by atoms with Crippen LogP contribution in [0.3, 0.4) is 0 Å². The molecule has 0 fully saturated rings.